The zero-order valence-corrected chi connectivity index (χ0v) is 19.2. The summed E-state index contributed by atoms with van der Waals surface area (Å²) in [6.45, 7) is 5.02. The summed E-state index contributed by atoms with van der Waals surface area (Å²) in [5, 5.41) is 0. The van der Waals surface area contributed by atoms with Gasteiger partial charge in [-0.2, -0.15) is 4.31 Å². The van der Waals surface area contributed by atoms with Crippen molar-refractivity contribution >= 4 is 10.0 Å². The van der Waals surface area contributed by atoms with Gasteiger partial charge in [-0.1, -0.05) is 66.8 Å². The number of rotatable bonds is 7. The fourth-order valence-corrected chi connectivity index (χ4v) is 6.05. The van der Waals surface area contributed by atoms with E-state index in [-0.39, 0.29) is 6.04 Å². The molecule has 31 heavy (non-hydrogen) atoms. The highest BCUT2D eigenvalue weighted by Gasteiger charge is 2.33. The van der Waals surface area contributed by atoms with Crippen LogP contribution in [0, 0.1) is 13.8 Å². The number of aromatic nitrogens is 2. The maximum Gasteiger partial charge on any atom is 0.243 e. The van der Waals surface area contributed by atoms with Crippen molar-refractivity contribution in [2.45, 2.75) is 70.0 Å². The topological polar surface area (TPSA) is 55.2 Å². The summed E-state index contributed by atoms with van der Waals surface area (Å²) in [6, 6.07) is 15.6. The molecule has 0 spiro atoms. The fraction of sp³-hybridized carbons (Fsp3) is 0.400. The normalized spacial score (nSPS) is 15.5. The summed E-state index contributed by atoms with van der Waals surface area (Å²) < 4.78 is 31.1. The Balaban J connectivity index is 1.64. The van der Waals surface area contributed by atoms with E-state index in [1.54, 1.807) is 22.6 Å². The van der Waals surface area contributed by atoms with Crippen molar-refractivity contribution in [1.82, 2.24) is 13.9 Å². The van der Waals surface area contributed by atoms with Crippen LogP contribution in [-0.2, 0) is 23.1 Å². The van der Waals surface area contributed by atoms with Gasteiger partial charge in [-0.3, -0.25) is 0 Å². The molecule has 6 heteroatoms. The molecule has 2 aromatic carbocycles. The molecule has 0 aliphatic heterocycles. The van der Waals surface area contributed by atoms with E-state index in [1.807, 2.05) is 25.3 Å². The highest BCUT2D eigenvalue weighted by molar-refractivity contribution is 7.89. The monoisotopic (exact) mass is 437 g/mol. The molecule has 0 amide bonds. The van der Waals surface area contributed by atoms with Crippen molar-refractivity contribution in [2.24, 2.45) is 0 Å². The number of hydrogen-bond donors (Lipinski definition) is 0. The van der Waals surface area contributed by atoms with Crippen molar-refractivity contribution in [3.05, 3.63) is 83.4 Å². The van der Waals surface area contributed by atoms with E-state index in [9.17, 15) is 8.42 Å². The highest BCUT2D eigenvalue weighted by Crippen LogP contribution is 2.29. The summed E-state index contributed by atoms with van der Waals surface area (Å²) in [5.41, 5.74) is 3.45. The van der Waals surface area contributed by atoms with Gasteiger partial charge in [0.2, 0.25) is 10.0 Å². The molecule has 1 fully saturated rings. The van der Waals surface area contributed by atoms with Crippen LogP contribution in [-0.4, -0.2) is 28.3 Å². The Morgan fingerprint density at radius 2 is 1.74 bits per heavy atom. The Bertz CT molecular complexity index is 1110. The standard InChI is InChI=1S/C25H31N3O2S/c1-20-11-13-24(14-12-20)31(29,30)28(23-9-4-3-5-10-23)19-25-26-15-16-27(25)18-22-8-6-7-21(2)17-22/h6-8,11-17,23H,3-5,9-10,18-19H2,1-2H3. The SMILES string of the molecule is Cc1ccc(S(=O)(=O)N(Cc2nccn2Cc2cccc(C)c2)C2CCCCC2)cc1. The first-order valence-corrected chi connectivity index (χ1v) is 12.5. The summed E-state index contributed by atoms with van der Waals surface area (Å²) in [7, 11) is -3.61. The van der Waals surface area contributed by atoms with Crippen molar-refractivity contribution in [1.29, 1.82) is 0 Å². The van der Waals surface area contributed by atoms with Gasteiger partial charge in [0.15, 0.2) is 0 Å². The first-order valence-electron chi connectivity index (χ1n) is 11.1. The van der Waals surface area contributed by atoms with Crippen LogP contribution in [0.25, 0.3) is 0 Å². The Labute approximate surface area is 185 Å². The van der Waals surface area contributed by atoms with Crippen molar-refractivity contribution in [3.63, 3.8) is 0 Å². The minimum absolute atomic E-state index is 0.0178. The molecule has 4 rings (SSSR count). The lowest BCUT2D eigenvalue weighted by Gasteiger charge is -2.33. The second-order valence-corrected chi connectivity index (χ2v) is 10.5. The van der Waals surface area contributed by atoms with Gasteiger partial charge in [0.05, 0.1) is 11.4 Å². The molecule has 0 saturated heterocycles. The fourth-order valence-electron chi connectivity index (χ4n) is 4.41. The van der Waals surface area contributed by atoms with Crippen molar-refractivity contribution in [3.8, 4) is 0 Å². The van der Waals surface area contributed by atoms with E-state index in [0.717, 1.165) is 37.1 Å². The van der Waals surface area contributed by atoms with Gasteiger partial charge in [0.1, 0.15) is 5.82 Å². The smallest absolute Gasteiger partial charge is 0.243 e. The molecule has 1 aromatic heterocycles. The highest BCUT2D eigenvalue weighted by atomic mass is 32.2. The average Bonchev–Trinajstić information content (AvgIpc) is 3.19. The van der Waals surface area contributed by atoms with Crippen LogP contribution in [0.5, 0.6) is 0 Å². The molecule has 1 aliphatic rings. The molecule has 1 heterocycles. The summed E-state index contributed by atoms with van der Waals surface area (Å²) in [5.74, 6) is 0.780. The Morgan fingerprint density at radius 3 is 2.45 bits per heavy atom. The number of hydrogen-bond acceptors (Lipinski definition) is 3. The number of sulfonamides is 1. The zero-order valence-electron chi connectivity index (χ0n) is 18.4. The molecule has 0 N–H and O–H groups in total. The van der Waals surface area contributed by atoms with Crippen LogP contribution < -0.4 is 0 Å². The molecule has 164 valence electrons. The molecule has 5 nitrogen and oxygen atoms in total. The van der Waals surface area contributed by atoms with E-state index in [0.29, 0.717) is 18.0 Å². The molecule has 1 saturated carbocycles. The Morgan fingerprint density at radius 1 is 1.00 bits per heavy atom. The van der Waals surface area contributed by atoms with Gasteiger partial charge in [-0.05, 0) is 44.4 Å². The number of imidazole rings is 1. The molecular weight excluding hydrogens is 406 g/mol. The zero-order chi connectivity index (χ0) is 21.8. The molecule has 1 aliphatic carbocycles. The lowest BCUT2D eigenvalue weighted by Crippen LogP contribution is -2.41. The molecular formula is C25H31N3O2S. The van der Waals surface area contributed by atoms with Crippen LogP contribution in [0.4, 0.5) is 0 Å². The second kappa shape index (κ2) is 9.37. The van der Waals surface area contributed by atoms with Gasteiger partial charge in [-0.15, -0.1) is 0 Å². The number of nitrogens with zero attached hydrogens (tertiary/aromatic N) is 3. The van der Waals surface area contributed by atoms with Crippen LogP contribution >= 0.6 is 0 Å². The molecule has 0 radical (unpaired) electrons. The third kappa shape index (κ3) is 5.08. The van der Waals surface area contributed by atoms with Crippen LogP contribution in [0.15, 0.2) is 65.8 Å². The van der Waals surface area contributed by atoms with Gasteiger partial charge in [0, 0.05) is 25.0 Å². The lowest BCUT2D eigenvalue weighted by atomic mass is 9.95. The lowest BCUT2D eigenvalue weighted by molar-refractivity contribution is 0.242. The third-order valence-corrected chi connectivity index (χ3v) is 8.06. The minimum atomic E-state index is -3.61. The molecule has 0 atom stereocenters. The van der Waals surface area contributed by atoms with E-state index in [2.05, 4.69) is 40.7 Å². The predicted octanol–water partition coefficient (Wildman–Crippen LogP) is 5.07. The van der Waals surface area contributed by atoms with E-state index < -0.39 is 10.0 Å². The summed E-state index contributed by atoms with van der Waals surface area (Å²) in [4.78, 5) is 4.91. The molecule has 3 aromatic rings. The molecule has 0 unspecified atom stereocenters. The number of benzene rings is 2. The summed E-state index contributed by atoms with van der Waals surface area (Å²) >= 11 is 0. The molecule has 0 bridgehead atoms. The Hall–Kier alpha value is -2.44. The van der Waals surface area contributed by atoms with Gasteiger partial charge < -0.3 is 4.57 Å². The van der Waals surface area contributed by atoms with E-state index in [4.69, 9.17) is 0 Å². The summed E-state index contributed by atoms with van der Waals surface area (Å²) in [6.07, 6.45) is 8.84. The maximum absolute atomic E-state index is 13.7. The van der Waals surface area contributed by atoms with Crippen LogP contribution in [0.1, 0.15) is 54.6 Å². The van der Waals surface area contributed by atoms with Crippen LogP contribution in [0.2, 0.25) is 0 Å². The van der Waals surface area contributed by atoms with Crippen LogP contribution in [0.3, 0.4) is 0 Å². The average molecular weight is 438 g/mol. The third-order valence-electron chi connectivity index (χ3n) is 6.14. The van der Waals surface area contributed by atoms with E-state index in [1.165, 1.54) is 17.5 Å². The quantitative estimate of drug-likeness (QED) is 0.518. The largest absolute Gasteiger partial charge is 0.329 e. The predicted molar refractivity (Wildman–Crippen MR) is 123 cm³/mol. The van der Waals surface area contributed by atoms with E-state index >= 15 is 0 Å². The van der Waals surface area contributed by atoms with Crippen molar-refractivity contribution < 1.29 is 8.42 Å². The Kier molecular flexibility index (Phi) is 6.58. The van der Waals surface area contributed by atoms with Gasteiger partial charge in [0.25, 0.3) is 0 Å². The first-order chi connectivity index (χ1) is 14.9. The van der Waals surface area contributed by atoms with Crippen molar-refractivity contribution in [2.75, 3.05) is 0 Å². The van der Waals surface area contributed by atoms with Gasteiger partial charge >= 0.3 is 0 Å². The maximum atomic E-state index is 13.7. The first kappa shape index (κ1) is 21.8. The minimum Gasteiger partial charge on any atom is -0.329 e. The number of aryl methyl sites for hydroxylation is 2. The van der Waals surface area contributed by atoms with Gasteiger partial charge in [-0.25, -0.2) is 13.4 Å². The second-order valence-electron chi connectivity index (χ2n) is 8.62.